The van der Waals surface area contributed by atoms with Crippen molar-refractivity contribution in [1.29, 1.82) is 0 Å². The second kappa shape index (κ2) is 10.8. The Labute approximate surface area is 230 Å². The second-order valence-electron chi connectivity index (χ2n) is 10.6. The number of hydrogen-bond acceptors (Lipinski definition) is 6. The minimum absolute atomic E-state index is 0.0669. The topological polar surface area (TPSA) is 73.3 Å². The zero-order valence-electron chi connectivity index (χ0n) is 23.9. The molecule has 3 aromatic rings. The summed E-state index contributed by atoms with van der Waals surface area (Å²) in [4.78, 5) is 32.7. The summed E-state index contributed by atoms with van der Waals surface area (Å²) < 4.78 is 5.57. The van der Waals surface area contributed by atoms with Crippen molar-refractivity contribution in [3.8, 4) is 5.75 Å². The van der Waals surface area contributed by atoms with Gasteiger partial charge in [0.25, 0.3) is 11.7 Å². The molecule has 0 saturated carbocycles. The van der Waals surface area contributed by atoms with E-state index >= 15 is 0 Å². The van der Waals surface area contributed by atoms with Crippen molar-refractivity contribution in [3.05, 3.63) is 88.5 Å². The summed E-state index contributed by atoms with van der Waals surface area (Å²) >= 11 is 0. The lowest BCUT2D eigenvalue weighted by molar-refractivity contribution is -0.132. The summed E-state index contributed by atoms with van der Waals surface area (Å²) in [5.74, 6) is -0.738. The summed E-state index contributed by atoms with van der Waals surface area (Å²) in [5, 5.41) is 11.7. The Morgan fingerprint density at radius 3 is 1.92 bits per heavy atom. The number of benzene rings is 3. The summed E-state index contributed by atoms with van der Waals surface area (Å²) in [7, 11) is 9.40. The fraction of sp³-hybridized carbons (Fsp3) is 0.312. The van der Waals surface area contributed by atoms with Gasteiger partial charge in [-0.3, -0.25) is 14.5 Å². The average Bonchev–Trinajstić information content (AvgIpc) is 3.18. The van der Waals surface area contributed by atoms with Crippen LogP contribution in [0.2, 0.25) is 0 Å². The first kappa shape index (κ1) is 27.8. The third-order valence-corrected chi connectivity index (χ3v) is 7.27. The van der Waals surface area contributed by atoms with Crippen molar-refractivity contribution in [1.82, 2.24) is 0 Å². The smallest absolute Gasteiger partial charge is 0.300 e. The molecule has 1 fully saturated rings. The van der Waals surface area contributed by atoms with Gasteiger partial charge in [0.15, 0.2) is 0 Å². The molecule has 1 heterocycles. The normalized spacial score (nSPS) is 16.6. The number of anilines is 3. The zero-order valence-corrected chi connectivity index (χ0v) is 23.9. The molecular weight excluding hydrogens is 490 g/mol. The van der Waals surface area contributed by atoms with Crippen LogP contribution in [0.5, 0.6) is 5.75 Å². The monoisotopic (exact) mass is 527 g/mol. The molecule has 1 atom stereocenters. The van der Waals surface area contributed by atoms with Crippen LogP contribution in [0.1, 0.15) is 48.1 Å². The Morgan fingerprint density at radius 2 is 1.44 bits per heavy atom. The maximum atomic E-state index is 13.6. The van der Waals surface area contributed by atoms with Crippen LogP contribution in [0.3, 0.4) is 0 Å². The number of carbonyl (C=O) groups is 2. The predicted octanol–water partition coefficient (Wildman–Crippen LogP) is 5.89. The maximum absolute atomic E-state index is 13.6. The van der Waals surface area contributed by atoms with E-state index in [2.05, 4.69) is 0 Å². The Balaban J connectivity index is 1.95. The van der Waals surface area contributed by atoms with E-state index in [-0.39, 0.29) is 17.3 Å². The molecule has 204 valence electrons. The number of amides is 1. The van der Waals surface area contributed by atoms with E-state index in [1.54, 1.807) is 7.11 Å². The molecule has 4 rings (SSSR count). The van der Waals surface area contributed by atoms with Crippen molar-refractivity contribution in [2.75, 3.05) is 50.0 Å². The van der Waals surface area contributed by atoms with Gasteiger partial charge in [0.1, 0.15) is 11.5 Å². The lowest BCUT2D eigenvalue weighted by atomic mass is 9.91. The molecule has 1 aliphatic heterocycles. The summed E-state index contributed by atoms with van der Waals surface area (Å²) in [6, 6.07) is 18.1. The first-order valence-electron chi connectivity index (χ1n) is 13.0. The molecule has 0 aliphatic carbocycles. The van der Waals surface area contributed by atoms with E-state index < -0.39 is 17.7 Å². The first-order chi connectivity index (χ1) is 18.5. The van der Waals surface area contributed by atoms with Gasteiger partial charge in [-0.05, 0) is 78.1 Å². The van der Waals surface area contributed by atoms with Gasteiger partial charge < -0.3 is 19.6 Å². The van der Waals surface area contributed by atoms with Crippen LogP contribution in [-0.2, 0) is 9.59 Å². The molecule has 0 spiro atoms. The van der Waals surface area contributed by atoms with Crippen LogP contribution in [0.15, 0.2) is 66.2 Å². The number of hydrogen-bond donors (Lipinski definition) is 1. The molecule has 0 aromatic heterocycles. The largest absolute Gasteiger partial charge is 0.507 e. The lowest BCUT2D eigenvalue weighted by Gasteiger charge is -2.27. The SMILES string of the molecule is COc1cc(C)c(/C(O)=C2\C(=O)C(=O)N(c3ccc(N(C)C)cc3)C2c2ccc(N(C)C)cc2)cc1C(C)C. The lowest BCUT2D eigenvalue weighted by Crippen LogP contribution is -2.29. The predicted molar refractivity (Wildman–Crippen MR) is 158 cm³/mol. The van der Waals surface area contributed by atoms with E-state index in [0.29, 0.717) is 11.3 Å². The Kier molecular flexibility index (Phi) is 7.72. The molecule has 3 aromatic carbocycles. The Hall–Kier alpha value is -4.26. The standard InChI is InChI=1S/C32H37N3O4/c1-19(2)25-18-26(20(3)17-27(25)39-8)30(36)28-29(21-9-11-22(12-10-21)33(4)5)35(32(38)31(28)37)24-15-13-23(14-16-24)34(6)7/h9-19,29,36H,1-8H3/b30-28+. The van der Waals surface area contributed by atoms with Crippen molar-refractivity contribution < 1.29 is 19.4 Å². The molecule has 1 aliphatic rings. The molecule has 1 saturated heterocycles. The first-order valence-corrected chi connectivity index (χ1v) is 13.0. The van der Waals surface area contributed by atoms with Gasteiger partial charge in [-0.1, -0.05) is 26.0 Å². The number of nitrogens with zero attached hydrogens (tertiary/aromatic N) is 3. The number of aryl methyl sites for hydroxylation is 1. The van der Waals surface area contributed by atoms with Crippen molar-refractivity contribution >= 4 is 34.5 Å². The molecule has 39 heavy (non-hydrogen) atoms. The number of carbonyl (C=O) groups excluding carboxylic acids is 2. The van der Waals surface area contributed by atoms with Crippen LogP contribution in [0, 0.1) is 6.92 Å². The van der Waals surface area contributed by atoms with Gasteiger partial charge in [0, 0.05) is 50.8 Å². The highest BCUT2D eigenvalue weighted by Crippen LogP contribution is 2.44. The highest BCUT2D eigenvalue weighted by Gasteiger charge is 2.47. The van der Waals surface area contributed by atoms with Crippen LogP contribution >= 0.6 is 0 Å². The fourth-order valence-corrected chi connectivity index (χ4v) is 5.01. The Bertz CT molecular complexity index is 1420. The number of aliphatic hydroxyl groups excluding tert-OH is 1. The highest BCUT2D eigenvalue weighted by molar-refractivity contribution is 6.51. The minimum atomic E-state index is -0.796. The summed E-state index contributed by atoms with van der Waals surface area (Å²) in [6.45, 7) is 5.94. The van der Waals surface area contributed by atoms with Gasteiger partial charge >= 0.3 is 0 Å². The number of methoxy groups -OCH3 is 1. The third kappa shape index (κ3) is 5.09. The number of rotatable bonds is 7. The average molecular weight is 528 g/mol. The number of aliphatic hydroxyl groups is 1. The molecule has 7 nitrogen and oxygen atoms in total. The van der Waals surface area contributed by atoms with Crippen molar-refractivity contribution in [2.24, 2.45) is 0 Å². The van der Waals surface area contributed by atoms with E-state index in [1.165, 1.54) is 4.90 Å². The van der Waals surface area contributed by atoms with Crippen LogP contribution < -0.4 is 19.4 Å². The number of ketones is 1. The van der Waals surface area contributed by atoms with E-state index in [1.807, 2.05) is 119 Å². The van der Waals surface area contributed by atoms with Gasteiger partial charge in [0.05, 0.1) is 18.7 Å². The summed E-state index contributed by atoms with van der Waals surface area (Å²) in [6.07, 6.45) is 0. The second-order valence-corrected chi connectivity index (χ2v) is 10.6. The molecule has 0 radical (unpaired) electrons. The molecule has 7 heteroatoms. The van der Waals surface area contributed by atoms with Gasteiger partial charge in [-0.2, -0.15) is 0 Å². The van der Waals surface area contributed by atoms with Crippen LogP contribution in [0.4, 0.5) is 17.1 Å². The maximum Gasteiger partial charge on any atom is 0.300 e. The quantitative estimate of drug-likeness (QED) is 0.235. The van der Waals surface area contributed by atoms with Crippen LogP contribution in [-0.4, -0.2) is 52.1 Å². The Morgan fingerprint density at radius 1 is 0.897 bits per heavy atom. The van der Waals surface area contributed by atoms with Gasteiger partial charge in [0.2, 0.25) is 0 Å². The number of ether oxygens (including phenoxy) is 1. The van der Waals surface area contributed by atoms with E-state index in [4.69, 9.17) is 4.74 Å². The number of Topliss-reactive ketones (excluding diaryl/α,β-unsaturated/α-hetero) is 1. The molecule has 0 bridgehead atoms. The third-order valence-electron chi connectivity index (χ3n) is 7.27. The zero-order chi connectivity index (χ0) is 28.6. The highest BCUT2D eigenvalue weighted by atomic mass is 16.5. The fourth-order valence-electron chi connectivity index (χ4n) is 5.01. The van der Waals surface area contributed by atoms with Gasteiger partial charge in [-0.15, -0.1) is 0 Å². The molecule has 1 amide bonds. The minimum Gasteiger partial charge on any atom is -0.507 e. The van der Waals surface area contributed by atoms with Gasteiger partial charge in [-0.25, -0.2) is 0 Å². The molecule has 1 N–H and O–H groups in total. The van der Waals surface area contributed by atoms with Crippen LogP contribution in [0.25, 0.3) is 5.76 Å². The van der Waals surface area contributed by atoms with E-state index in [9.17, 15) is 14.7 Å². The van der Waals surface area contributed by atoms with Crippen molar-refractivity contribution in [3.63, 3.8) is 0 Å². The van der Waals surface area contributed by atoms with Crippen molar-refractivity contribution in [2.45, 2.75) is 32.7 Å². The molecular formula is C32H37N3O4. The summed E-state index contributed by atoms with van der Waals surface area (Å²) in [5.41, 5.74) is 5.50. The molecule has 1 unspecified atom stereocenters. The van der Waals surface area contributed by atoms with E-state index in [0.717, 1.165) is 33.8 Å².